The van der Waals surface area contributed by atoms with Gasteiger partial charge >= 0.3 is 19.8 Å². The molecule has 1 unspecified atom stereocenters. The zero-order chi connectivity index (χ0) is 32.2. The molecule has 0 fully saturated rings. The molecule has 0 heterocycles. The van der Waals surface area contributed by atoms with E-state index in [1.807, 2.05) is 21.1 Å². The highest BCUT2D eigenvalue weighted by Gasteiger charge is 2.27. The van der Waals surface area contributed by atoms with Gasteiger partial charge in [0.25, 0.3) is 0 Å². The molecule has 0 amide bonds. The topological polar surface area (TPSA) is 108 Å². The molecular formula is C33H67NO8P+. The van der Waals surface area contributed by atoms with Crippen LogP contribution in [0.25, 0.3) is 0 Å². The molecule has 0 rings (SSSR count). The highest BCUT2D eigenvalue weighted by molar-refractivity contribution is 7.47. The van der Waals surface area contributed by atoms with Crippen LogP contribution in [-0.4, -0.2) is 74.9 Å². The Balaban J connectivity index is 4.29. The Morgan fingerprint density at radius 1 is 0.628 bits per heavy atom. The average Bonchev–Trinajstić information content (AvgIpc) is 2.94. The summed E-state index contributed by atoms with van der Waals surface area (Å²) in [6.45, 7) is 4.28. The summed E-state index contributed by atoms with van der Waals surface area (Å²) < 4.78 is 33.8. The van der Waals surface area contributed by atoms with Gasteiger partial charge in [-0.05, 0) is 12.8 Å². The molecular weight excluding hydrogens is 569 g/mol. The molecule has 0 aromatic heterocycles. The van der Waals surface area contributed by atoms with Crippen molar-refractivity contribution in [3.05, 3.63) is 0 Å². The van der Waals surface area contributed by atoms with E-state index in [9.17, 15) is 19.0 Å². The third kappa shape index (κ3) is 30.8. The fourth-order valence-corrected chi connectivity index (χ4v) is 5.34. The van der Waals surface area contributed by atoms with Gasteiger partial charge in [-0.2, -0.15) is 0 Å². The molecule has 0 aliphatic rings. The summed E-state index contributed by atoms with van der Waals surface area (Å²) in [5, 5.41) is 0. The van der Waals surface area contributed by atoms with E-state index < -0.39 is 26.5 Å². The molecule has 0 bridgehead atoms. The average molecular weight is 637 g/mol. The summed E-state index contributed by atoms with van der Waals surface area (Å²) in [6.07, 6.45) is 22.0. The van der Waals surface area contributed by atoms with Crippen LogP contribution < -0.4 is 0 Å². The fourth-order valence-electron chi connectivity index (χ4n) is 4.60. The molecule has 43 heavy (non-hydrogen) atoms. The Hall–Kier alpha value is -0.990. The predicted molar refractivity (Wildman–Crippen MR) is 174 cm³/mol. The molecule has 0 aromatic carbocycles. The van der Waals surface area contributed by atoms with Crippen molar-refractivity contribution in [3.8, 4) is 0 Å². The maximum atomic E-state index is 12.5. The Kier molecular flexibility index (Phi) is 26.7. The van der Waals surface area contributed by atoms with Gasteiger partial charge in [-0.25, -0.2) is 4.57 Å². The molecule has 0 radical (unpaired) electrons. The van der Waals surface area contributed by atoms with Gasteiger partial charge in [0.1, 0.15) is 19.8 Å². The molecule has 0 saturated carbocycles. The number of carbonyl (C=O) groups is 2. The molecule has 1 N–H and O–H groups in total. The molecule has 10 heteroatoms. The first-order valence-electron chi connectivity index (χ1n) is 17.3. The van der Waals surface area contributed by atoms with Gasteiger partial charge in [0.15, 0.2) is 6.10 Å². The van der Waals surface area contributed by atoms with Crippen LogP contribution in [0, 0.1) is 0 Å². The Morgan fingerprint density at radius 2 is 1.05 bits per heavy atom. The molecule has 2 atom stereocenters. The van der Waals surface area contributed by atoms with E-state index in [1.165, 1.54) is 77.0 Å². The molecule has 0 saturated heterocycles. The van der Waals surface area contributed by atoms with Crippen molar-refractivity contribution in [1.29, 1.82) is 0 Å². The highest BCUT2D eigenvalue weighted by Crippen LogP contribution is 2.43. The van der Waals surface area contributed by atoms with Crippen LogP contribution in [0.2, 0.25) is 0 Å². The highest BCUT2D eigenvalue weighted by atomic mass is 31.2. The SMILES string of the molecule is CCCCCCCCCCCCCCCCCC(=O)O[C@H](COC(=O)CCCCCC)COP(=O)(O)OCC[N+](C)(C)C. The molecule has 9 nitrogen and oxygen atoms in total. The zero-order valence-electron chi connectivity index (χ0n) is 28.5. The molecule has 0 aromatic rings. The number of rotatable bonds is 31. The summed E-state index contributed by atoms with van der Waals surface area (Å²) in [6, 6.07) is 0. The maximum absolute atomic E-state index is 12.5. The second-order valence-corrected chi connectivity index (χ2v) is 14.4. The maximum Gasteiger partial charge on any atom is 0.472 e. The van der Waals surface area contributed by atoms with Crippen molar-refractivity contribution in [2.75, 3.05) is 47.5 Å². The monoisotopic (exact) mass is 636 g/mol. The van der Waals surface area contributed by atoms with E-state index in [4.69, 9.17) is 18.5 Å². The number of quaternary nitrogens is 1. The third-order valence-corrected chi connectivity index (χ3v) is 8.37. The number of ether oxygens (including phenoxy) is 2. The van der Waals surface area contributed by atoms with Gasteiger partial charge in [-0.3, -0.25) is 18.6 Å². The van der Waals surface area contributed by atoms with E-state index >= 15 is 0 Å². The van der Waals surface area contributed by atoms with Gasteiger partial charge in [-0.15, -0.1) is 0 Å². The third-order valence-electron chi connectivity index (χ3n) is 7.39. The van der Waals surface area contributed by atoms with Crippen molar-refractivity contribution in [2.45, 2.75) is 155 Å². The van der Waals surface area contributed by atoms with Crippen LogP contribution >= 0.6 is 7.82 Å². The summed E-state index contributed by atoms with van der Waals surface area (Å²) >= 11 is 0. The summed E-state index contributed by atoms with van der Waals surface area (Å²) in [5.74, 6) is -0.813. The molecule has 0 spiro atoms. The van der Waals surface area contributed by atoms with Crippen LogP contribution in [-0.2, 0) is 32.7 Å². The van der Waals surface area contributed by atoms with E-state index in [0.717, 1.165) is 38.5 Å². The quantitative estimate of drug-likeness (QED) is 0.0349. The number of phosphoric ester groups is 1. The van der Waals surface area contributed by atoms with Crippen LogP contribution in [0.15, 0.2) is 0 Å². The number of phosphoric acid groups is 1. The first-order valence-corrected chi connectivity index (χ1v) is 18.8. The number of nitrogens with zero attached hydrogens (tertiary/aromatic N) is 1. The van der Waals surface area contributed by atoms with Crippen molar-refractivity contribution in [3.63, 3.8) is 0 Å². The van der Waals surface area contributed by atoms with E-state index in [0.29, 0.717) is 17.4 Å². The van der Waals surface area contributed by atoms with E-state index in [-0.39, 0.29) is 32.0 Å². The number of hydrogen-bond acceptors (Lipinski definition) is 7. The second kappa shape index (κ2) is 27.3. The Bertz CT molecular complexity index is 728. The summed E-state index contributed by atoms with van der Waals surface area (Å²) in [7, 11) is 1.48. The van der Waals surface area contributed by atoms with Gasteiger partial charge < -0.3 is 18.9 Å². The smallest absolute Gasteiger partial charge is 0.462 e. The largest absolute Gasteiger partial charge is 0.472 e. The van der Waals surface area contributed by atoms with Gasteiger partial charge in [0.05, 0.1) is 27.7 Å². The standard InChI is InChI=1S/C33H66NO8P/c1-6-8-10-12-13-14-15-16-17-18-19-20-21-22-24-26-33(36)42-31(29-39-32(35)25-23-11-9-7-2)30-41-43(37,38)40-28-27-34(3,4)5/h31H,6-30H2,1-5H3/p+1/t31-/m1/s1. The summed E-state index contributed by atoms with van der Waals surface area (Å²) in [4.78, 5) is 34.7. The van der Waals surface area contributed by atoms with Crippen molar-refractivity contribution in [2.24, 2.45) is 0 Å². The minimum absolute atomic E-state index is 0.0354. The zero-order valence-corrected chi connectivity index (χ0v) is 29.3. The van der Waals surface area contributed by atoms with E-state index in [2.05, 4.69) is 13.8 Å². The lowest BCUT2D eigenvalue weighted by Gasteiger charge is -2.24. The normalized spacial score (nSPS) is 13.9. The summed E-state index contributed by atoms with van der Waals surface area (Å²) in [5.41, 5.74) is 0. The van der Waals surface area contributed by atoms with Crippen molar-refractivity contribution < 1.29 is 42.1 Å². The van der Waals surface area contributed by atoms with Crippen LogP contribution in [0.3, 0.4) is 0 Å². The van der Waals surface area contributed by atoms with Crippen molar-refractivity contribution in [1.82, 2.24) is 0 Å². The minimum atomic E-state index is -4.34. The number of hydrogen-bond donors (Lipinski definition) is 1. The number of likely N-dealkylation sites (N-methyl/N-ethyl adjacent to an activating group) is 1. The van der Waals surface area contributed by atoms with Crippen LogP contribution in [0.5, 0.6) is 0 Å². The van der Waals surface area contributed by atoms with Crippen molar-refractivity contribution >= 4 is 19.8 Å². The number of carbonyl (C=O) groups excluding carboxylic acids is 2. The van der Waals surface area contributed by atoms with Gasteiger partial charge in [0.2, 0.25) is 0 Å². The number of unbranched alkanes of at least 4 members (excludes halogenated alkanes) is 17. The first-order chi connectivity index (χ1) is 20.5. The molecule has 256 valence electrons. The van der Waals surface area contributed by atoms with Crippen LogP contribution in [0.4, 0.5) is 0 Å². The molecule has 0 aliphatic carbocycles. The first kappa shape index (κ1) is 42.0. The fraction of sp³-hybridized carbons (Fsp3) is 0.939. The Labute approximate surface area is 264 Å². The van der Waals surface area contributed by atoms with Gasteiger partial charge in [-0.1, -0.05) is 123 Å². The minimum Gasteiger partial charge on any atom is -0.462 e. The lowest BCUT2D eigenvalue weighted by molar-refractivity contribution is -0.870. The number of esters is 2. The second-order valence-electron chi connectivity index (χ2n) is 12.9. The lowest BCUT2D eigenvalue weighted by atomic mass is 10.0. The predicted octanol–water partition coefficient (Wildman–Crippen LogP) is 8.51. The van der Waals surface area contributed by atoms with Crippen LogP contribution in [0.1, 0.15) is 149 Å². The lowest BCUT2D eigenvalue weighted by Crippen LogP contribution is -2.37. The molecule has 0 aliphatic heterocycles. The van der Waals surface area contributed by atoms with E-state index in [1.54, 1.807) is 0 Å². The van der Waals surface area contributed by atoms with Gasteiger partial charge in [0, 0.05) is 12.8 Å². The Morgan fingerprint density at radius 3 is 1.51 bits per heavy atom.